The van der Waals surface area contributed by atoms with Gasteiger partial charge in [-0.1, -0.05) is 13.0 Å². The van der Waals surface area contributed by atoms with Crippen LogP contribution >= 0.6 is 0 Å². The number of pyridine rings is 2. The molecule has 4 heterocycles. The van der Waals surface area contributed by atoms with Gasteiger partial charge in [-0.2, -0.15) is 0 Å². The summed E-state index contributed by atoms with van der Waals surface area (Å²) in [7, 11) is 0. The highest BCUT2D eigenvalue weighted by molar-refractivity contribution is 5.17. The highest BCUT2D eigenvalue weighted by Crippen LogP contribution is 2.20. The lowest BCUT2D eigenvalue weighted by molar-refractivity contribution is -0.00762. The largest absolute Gasteiger partial charge is 0.474 e. The number of aryl methyl sites for hydroxylation is 1. The Morgan fingerprint density at radius 2 is 1.52 bits per heavy atom. The lowest BCUT2D eigenvalue weighted by Gasteiger charge is -2.42. The van der Waals surface area contributed by atoms with Gasteiger partial charge in [0, 0.05) is 56.6 Å². The molecule has 2 saturated heterocycles. The normalized spacial score (nSPS) is 18.9. The second kappa shape index (κ2) is 12.3. The smallest absolute Gasteiger partial charge is 0.213 e. The van der Waals surface area contributed by atoms with Crippen LogP contribution in [-0.2, 0) is 0 Å². The van der Waals surface area contributed by atoms with Crippen molar-refractivity contribution >= 4 is 0 Å². The van der Waals surface area contributed by atoms with Crippen LogP contribution in [0.4, 0.5) is 4.39 Å². The molecule has 0 spiro atoms. The number of likely N-dealkylation sites (tertiary alicyclic amines) is 2. The number of halogens is 1. The van der Waals surface area contributed by atoms with E-state index in [1.807, 2.05) is 25.3 Å². The van der Waals surface area contributed by atoms with Gasteiger partial charge in [0.2, 0.25) is 11.8 Å². The maximum absolute atomic E-state index is 12.7. The molecule has 6 nitrogen and oxygen atoms in total. The quantitative estimate of drug-likeness (QED) is 0.598. The first-order valence-corrected chi connectivity index (χ1v) is 12.2. The Kier molecular flexibility index (Phi) is 9.44. The molecular formula is C26H39FN4O2. The van der Waals surface area contributed by atoms with E-state index in [-0.39, 0.29) is 11.9 Å². The summed E-state index contributed by atoms with van der Waals surface area (Å²) in [6.07, 6.45) is 6.80. The topological polar surface area (TPSA) is 50.7 Å². The van der Waals surface area contributed by atoms with Crippen LogP contribution in [0.25, 0.3) is 0 Å². The molecule has 2 aliphatic heterocycles. The Morgan fingerprint density at radius 3 is 2.03 bits per heavy atom. The minimum atomic E-state index is -0.327. The predicted molar refractivity (Wildman–Crippen MR) is 129 cm³/mol. The molecule has 2 aliphatic rings. The van der Waals surface area contributed by atoms with E-state index in [1.54, 1.807) is 6.07 Å². The molecule has 2 fully saturated rings. The van der Waals surface area contributed by atoms with Gasteiger partial charge in [0.15, 0.2) is 0 Å². The van der Waals surface area contributed by atoms with Crippen molar-refractivity contribution in [3.63, 3.8) is 0 Å². The fourth-order valence-corrected chi connectivity index (χ4v) is 3.97. The zero-order chi connectivity index (χ0) is 23.8. The summed E-state index contributed by atoms with van der Waals surface area (Å²) in [5, 5.41) is 0. The highest BCUT2D eigenvalue weighted by atomic mass is 19.1. The summed E-state index contributed by atoms with van der Waals surface area (Å²) in [4.78, 5) is 13.1. The van der Waals surface area contributed by atoms with Crippen LogP contribution in [0.1, 0.15) is 52.5 Å². The van der Waals surface area contributed by atoms with Crippen molar-refractivity contribution in [3.05, 3.63) is 48.0 Å². The molecule has 33 heavy (non-hydrogen) atoms. The summed E-state index contributed by atoms with van der Waals surface area (Å²) in [6, 6.07) is 8.22. The van der Waals surface area contributed by atoms with Crippen molar-refractivity contribution in [1.29, 1.82) is 0 Å². The van der Waals surface area contributed by atoms with E-state index in [2.05, 4.69) is 47.5 Å². The number of rotatable bonds is 7. The minimum absolute atomic E-state index is 0.211. The first-order chi connectivity index (χ1) is 15.8. The average molecular weight is 459 g/mol. The molecule has 7 heteroatoms. The Labute approximate surface area is 198 Å². The zero-order valence-electron chi connectivity index (χ0n) is 20.7. The summed E-state index contributed by atoms with van der Waals surface area (Å²) < 4.78 is 24.2. The minimum Gasteiger partial charge on any atom is -0.474 e. The van der Waals surface area contributed by atoms with Crippen molar-refractivity contribution < 1.29 is 13.9 Å². The molecule has 0 saturated carbocycles. The second-order valence-corrected chi connectivity index (χ2v) is 9.39. The molecule has 0 amide bonds. The molecule has 2 aromatic rings. The third kappa shape index (κ3) is 7.93. The van der Waals surface area contributed by atoms with E-state index < -0.39 is 0 Å². The lowest BCUT2D eigenvalue weighted by Crippen LogP contribution is -2.56. The molecule has 0 aliphatic carbocycles. The van der Waals surface area contributed by atoms with E-state index >= 15 is 0 Å². The fourth-order valence-electron chi connectivity index (χ4n) is 3.97. The molecule has 1 unspecified atom stereocenters. The molecule has 4 rings (SSSR count). The third-order valence-corrected chi connectivity index (χ3v) is 6.46. The Bertz CT molecular complexity index is 817. The van der Waals surface area contributed by atoms with Crippen LogP contribution in [0.2, 0.25) is 0 Å². The van der Waals surface area contributed by atoms with Crippen molar-refractivity contribution in [2.24, 2.45) is 0 Å². The first-order valence-electron chi connectivity index (χ1n) is 12.2. The molecule has 182 valence electrons. The van der Waals surface area contributed by atoms with Gasteiger partial charge in [0.1, 0.15) is 18.0 Å². The van der Waals surface area contributed by atoms with Crippen molar-refractivity contribution in [1.82, 2.24) is 19.8 Å². The van der Waals surface area contributed by atoms with Crippen LogP contribution < -0.4 is 9.47 Å². The summed E-state index contributed by atoms with van der Waals surface area (Å²) >= 11 is 0. The first kappa shape index (κ1) is 25.4. The number of piperidine rings is 1. The van der Waals surface area contributed by atoms with E-state index in [1.165, 1.54) is 24.2 Å². The van der Waals surface area contributed by atoms with Gasteiger partial charge < -0.3 is 14.4 Å². The molecule has 2 aromatic heterocycles. The maximum atomic E-state index is 12.7. The lowest BCUT2D eigenvalue weighted by atomic mass is 10.1. The number of hydrogen-bond acceptors (Lipinski definition) is 6. The van der Waals surface area contributed by atoms with E-state index in [9.17, 15) is 4.39 Å². The summed E-state index contributed by atoms with van der Waals surface area (Å²) in [5.41, 5.74) is 1.17. The van der Waals surface area contributed by atoms with E-state index in [0.717, 1.165) is 44.9 Å². The molecule has 0 radical (unpaired) electrons. The van der Waals surface area contributed by atoms with Crippen LogP contribution in [0.3, 0.4) is 0 Å². The predicted octanol–water partition coefficient (Wildman–Crippen LogP) is 4.72. The van der Waals surface area contributed by atoms with Gasteiger partial charge in [-0.15, -0.1) is 0 Å². The van der Waals surface area contributed by atoms with Crippen molar-refractivity contribution in [3.8, 4) is 11.8 Å². The van der Waals surface area contributed by atoms with E-state index in [4.69, 9.17) is 9.47 Å². The third-order valence-electron chi connectivity index (χ3n) is 6.46. The van der Waals surface area contributed by atoms with Crippen LogP contribution in [-0.4, -0.2) is 70.2 Å². The standard InChI is InChI=1S/C13H19FN2O.C13H20N2O/c1-10(2)16-7-5-12(6-8-16)17-13-4-3-11(14)9-15-13;1-4-11(3)15-8-12(9-15)16-13-6-5-10(2)7-14-13/h3-4,9-10,12H,5-8H2,1-2H3;5-7,11-12H,4,8-9H2,1-3H3. The average Bonchev–Trinajstić information content (AvgIpc) is 2.79. The molecule has 1 atom stereocenters. The van der Waals surface area contributed by atoms with Crippen LogP contribution in [0.5, 0.6) is 11.8 Å². The second-order valence-electron chi connectivity index (χ2n) is 9.39. The van der Waals surface area contributed by atoms with Crippen molar-refractivity contribution in [2.45, 2.75) is 78.2 Å². The van der Waals surface area contributed by atoms with Gasteiger partial charge in [0.25, 0.3) is 0 Å². The molecule has 0 bridgehead atoms. The maximum Gasteiger partial charge on any atom is 0.213 e. The Morgan fingerprint density at radius 1 is 0.909 bits per heavy atom. The summed E-state index contributed by atoms with van der Waals surface area (Å²) in [6.45, 7) is 15.1. The van der Waals surface area contributed by atoms with Crippen LogP contribution in [0.15, 0.2) is 36.7 Å². The monoisotopic (exact) mass is 458 g/mol. The number of ether oxygens (including phenoxy) is 2. The number of aromatic nitrogens is 2. The Balaban J connectivity index is 0.000000186. The van der Waals surface area contributed by atoms with Gasteiger partial charge >= 0.3 is 0 Å². The van der Waals surface area contributed by atoms with Gasteiger partial charge in [-0.25, -0.2) is 14.4 Å². The Hall–Kier alpha value is -2.25. The number of hydrogen-bond donors (Lipinski definition) is 0. The van der Waals surface area contributed by atoms with Gasteiger partial charge in [-0.05, 0) is 58.6 Å². The molecule has 0 N–H and O–H groups in total. The number of nitrogens with zero attached hydrogens (tertiary/aromatic N) is 4. The fraction of sp³-hybridized carbons (Fsp3) is 0.615. The van der Waals surface area contributed by atoms with E-state index in [0.29, 0.717) is 24.1 Å². The summed E-state index contributed by atoms with van der Waals surface area (Å²) in [5.74, 6) is 0.945. The molecular weight excluding hydrogens is 419 g/mol. The van der Waals surface area contributed by atoms with Crippen LogP contribution in [0, 0.1) is 12.7 Å². The molecule has 0 aromatic carbocycles. The SMILES string of the molecule is CC(C)N1CCC(Oc2ccc(F)cn2)CC1.CCC(C)N1CC(Oc2ccc(C)cn2)C1. The van der Waals surface area contributed by atoms with Gasteiger partial charge in [-0.3, -0.25) is 4.90 Å². The highest BCUT2D eigenvalue weighted by Gasteiger charge is 2.31. The zero-order valence-corrected chi connectivity index (χ0v) is 20.7. The van der Waals surface area contributed by atoms with Gasteiger partial charge in [0.05, 0.1) is 6.20 Å². The van der Waals surface area contributed by atoms with Crippen molar-refractivity contribution in [2.75, 3.05) is 26.2 Å².